The maximum Gasteiger partial charge on any atom is 0.405 e. The Labute approximate surface area is 198 Å². The molecule has 9 heteroatoms. The van der Waals surface area contributed by atoms with Crippen molar-refractivity contribution < 1.29 is 17.6 Å². The summed E-state index contributed by atoms with van der Waals surface area (Å²) in [5.74, 6) is 6.33. The van der Waals surface area contributed by atoms with Crippen LogP contribution in [0, 0.1) is 30.0 Å². The second-order valence-corrected chi connectivity index (χ2v) is 9.19. The van der Waals surface area contributed by atoms with E-state index in [2.05, 4.69) is 22.0 Å². The van der Waals surface area contributed by atoms with Crippen molar-refractivity contribution in [2.24, 2.45) is 5.41 Å². The molecule has 3 heterocycles. The van der Waals surface area contributed by atoms with Gasteiger partial charge in [0, 0.05) is 17.8 Å². The number of rotatable bonds is 1. The lowest BCUT2D eigenvalue weighted by atomic mass is 9.99. The Kier molecular flexibility index (Phi) is 4.78. The number of aromatic nitrogens is 4. The van der Waals surface area contributed by atoms with E-state index in [1.165, 1.54) is 6.07 Å². The zero-order valence-electron chi connectivity index (χ0n) is 19.0. The lowest BCUT2D eigenvalue weighted by Crippen LogP contribution is -2.22. The summed E-state index contributed by atoms with van der Waals surface area (Å²) < 4.78 is 57.3. The Bertz CT molecular complexity index is 1540. The summed E-state index contributed by atoms with van der Waals surface area (Å²) >= 11 is 0. The van der Waals surface area contributed by atoms with Crippen LogP contribution in [-0.2, 0) is 6.42 Å². The summed E-state index contributed by atoms with van der Waals surface area (Å²) in [5, 5.41) is 8.62. The molecule has 1 saturated carbocycles. The Balaban J connectivity index is 1.54. The van der Waals surface area contributed by atoms with E-state index in [1.54, 1.807) is 35.6 Å². The summed E-state index contributed by atoms with van der Waals surface area (Å²) in [6.07, 6.45) is -1.94. The number of nitrogens with zero attached hydrogens (tertiary/aromatic N) is 5. The van der Waals surface area contributed by atoms with Gasteiger partial charge in [0.25, 0.3) is 5.78 Å². The standard InChI is InChI=1S/C26H21F4N5/c1-16-32-33-24-31-23(22-19(27)8-5-10-21(22)35(16)24)34-15-3-2-7-18-17(6-4-9-20(18)34)11-12-25(13-14-25)26(28,29)30/h4-6,8-10H,2-3,7,13-15H2,1H3. The predicted octanol–water partition coefficient (Wildman–Crippen LogP) is 5.89. The van der Waals surface area contributed by atoms with E-state index in [0.29, 0.717) is 46.9 Å². The van der Waals surface area contributed by atoms with E-state index in [9.17, 15) is 13.2 Å². The van der Waals surface area contributed by atoms with Gasteiger partial charge in [-0.1, -0.05) is 24.0 Å². The van der Waals surface area contributed by atoms with Crippen LogP contribution in [0.15, 0.2) is 36.4 Å². The summed E-state index contributed by atoms with van der Waals surface area (Å²) in [6, 6.07) is 10.3. The summed E-state index contributed by atoms with van der Waals surface area (Å²) in [7, 11) is 0. The highest BCUT2D eigenvalue weighted by Crippen LogP contribution is 2.57. The molecule has 1 aliphatic heterocycles. The molecule has 0 radical (unpaired) electrons. The average Bonchev–Trinajstić information content (AvgIpc) is 3.58. The number of aryl methyl sites for hydroxylation is 1. The molecule has 0 saturated heterocycles. The Morgan fingerprint density at radius 3 is 2.60 bits per heavy atom. The van der Waals surface area contributed by atoms with Crippen LogP contribution in [-0.4, -0.2) is 32.3 Å². The molecule has 178 valence electrons. The van der Waals surface area contributed by atoms with Gasteiger partial charge in [0.15, 0.2) is 0 Å². The first kappa shape index (κ1) is 21.8. The van der Waals surface area contributed by atoms with E-state index < -0.39 is 17.4 Å². The fraction of sp³-hybridized carbons (Fsp3) is 0.346. The normalized spacial score (nSPS) is 17.1. The zero-order valence-corrected chi connectivity index (χ0v) is 19.0. The number of fused-ring (bicyclic) bond motifs is 4. The van der Waals surface area contributed by atoms with Crippen molar-refractivity contribution in [1.29, 1.82) is 0 Å². The minimum Gasteiger partial charge on any atom is -0.325 e. The first-order valence-corrected chi connectivity index (χ1v) is 11.6. The molecule has 0 unspecified atom stereocenters. The highest BCUT2D eigenvalue weighted by atomic mass is 19.4. The topological polar surface area (TPSA) is 46.3 Å². The summed E-state index contributed by atoms with van der Waals surface area (Å²) in [5.41, 5.74) is 0.935. The fourth-order valence-electron chi connectivity index (χ4n) is 4.88. The van der Waals surface area contributed by atoms with Crippen LogP contribution in [0.3, 0.4) is 0 Å². The van der Waals surface area contributed by atoms with Gasteiger partial charge in [0.2, 0.25) is 0 Å². The highest BCUT2D eigenvalue weighted by molar-refractivity contribution is 5.94. The molecule has 0 bridgehead atoms. The van der Waals surface area contributed by atoms with Gasteiger partial charge < -0.3 is 4.90 Å². The first-order chi connectivity index (χ1) is 16.8. The Morgan fingerprint density at radius 2 is 1.83 bits per heavy atom. The van der Waals surface area contributed by atoms with Crippen LogP contribution in [0.1, 0.15) is 42.6 Å². The number of halogens is 4. The van der Waals surface area contributed by atoms with Crippen LogP contribution >= 0.6 is 0 Å². The molecular weight excluding hydrogens is 458 g/mol. The molecule has 0 N–H and O–H groups in total. The van der Waals surface area contributed by atoms with Crippen molar-refractivity contribution in [1.82, 2.24) is 19.6 Å². The molecule has 35 heavy (non-hydrogen) atoms. The van der Waals surface area contributed by atoms with Crippen molar-refractivity contribution in [2.45, 2.75) is 45.2 Å². The van der Waals surface area contributed by atoms with Gasteiger partial charge in [-0.05, 0) is 68.9 Å². The van der Waals surface area contributed by atoms with E-state index in [4.69, 9.17) is 4.98 Å². The zero-order chi connectivity index (χ0) is 24.4. The monoisotopic (exact) mass is 479 g/mol. The Morgan fingerprint density at radius 1 is 1.03 bits per heavy atom. The van der Waals surface area contributed by atoms with Crippen molar-refractivity contribution in [3.8, 4) is 11.8 Å². The second-order valence-electron chi connectivity index (χ2n) is 9.19. The quantitative estimate of drug-likeness (QED) is 0.252. The maximum absolute atomic E-state index is 15.2. The average molecular weight is 479 g/mol. The molecule has 1 fully saturated rings. The van der Waals surface area contributed by atoms with Gasteiger partial charge in [-0.15, -0.1) is 10.2 Å². The van der Waals surface area contributed by atoms with Crippen molar-refractivity contribution in [3.63, 3.8) is 0 Å². The SMILES string of the molecule is Cc1nnc2nc(N3CCCCc4c(C#CC5(C(F)(F)F)CC5)cccc43)c3c(F)cccc3n12. The Hall–Kier alpha value is -3.67. The molecule has 6 rings (SSSR count). The van der Waals surface area contributed by atoms with Crippen molar-refractivity contribution in [2.75, 3.05) is 11.4 Å². The van der Waals surface area contributed by atoms with E-state index in [-0.39, 0.29) is 12.8 Å². The third kappa shape index (κ3) is 3.42. The van der Waals surface area contributed by atoms with Crippen molar-refractivity contribution >= 4 is 28.2 Å². The molecule has 5 nitrogen and oxygen atoms in total. The molecule has 0 spiro atoms. The van der Waals surface area contributed by atoms with E-state index in [1.807, 2.05) is 11.0 Å². The van der Waals surface area contributed by atoms with Gasteiger partial charge in [0.05, 0.1) is 10.9 Å². The number of hydrogen-bond acceptors (Lipinski definition) is 4. The molecule has 4 aromatic rings. The third-order valence-corrected chi connectivity index (χ3v) is 6.96. The van der Waals surface area contributed by atoms with E-state index >= 15 is 4.39 Å². The molecule has 1 aliphatic carbocycles. The number of benzene rings is 2. The highest BCUT2D eigenvalue weighted by Gasteiger charge is 2.62. The third-order valence-electron chi connectivity index (χ3n) is 6.96. The maximum atomic E-state index is 15.2. The summed E-state index contributed by atoms with van der Waals surface area (Å²) in [4.78, 5) is 6.64. The molecule has 2 aromatic heterocycles. The lowest BCUT2D eigenvalue weighted by molar-refractivity contribution is -0.168. The van der Waals surface area contributed by atoms with Crippen molar-refractivity contribution in [3.05, 3.63) is 59.2 Å². The van der Waals surface area contributed by atoms with Gasteiger partial charge in [-0.2, -0.15) is 18.2 Å². The van der Waals surface area contributed by atoms with Crippen LogP contribution in [0.5, 0.6) is 0 Å². The molecule has 0 amide bonds. The molecular formula is C26H21F4N5. The summed E-state index contributed by atoms with van der Waals surface area (Å²) in [6.45, 7) is 2.36. The molecule has 2 aliphatic rings. The minimum absolute atomic E-state index is 0.0393. The fourth-order valence-corrected chi connectivity index (χ4v) is 4.88. The van der Waals surface area contributed by atoms with Crippen LogP contribution < -0.4 is 4.90 Å². The molecule has 0 atom stereocenters. The smallest absolute Gasteiger partial charge is 0.325 e. The van der Waals surface area contributed by atoms with Gasteiger partial charge in [-0.25, -0.2) is 4.39 Å². The second kappa shape index (κ2) is 7.67. The molecule has 2 aromatic carbocycles. The number of alkyl halides is 3. The van der Waals surface area contributed by atoms with E-state index in [0.717, 1.165) is 24.1 Å². The largest absolute Gasteiger partial charge is 0.405 e. The predicted molar refractivity (Wildman–Crippen MR) is 124 cm³/mol. The van der Waals surface area contributed by atoms with Gasteiger partial charge in [0.1, 0.15) is 22.9 Å². The minimum atomic E-state index is -4.33. The lowest BCUT2D eigenvalue weighted by Gasteiger charge is -2.26. The van der Waals surface area contributed by atoms with Crippen LogP contribution in [0.4, 0.5) is 29.1 Å². The van der Waals surface area contributed by atoms with Crippen LogP contribution in [0.2, 0.25) is 0 Å². The van der Waals surface area contributed by atoms with Crippen LogP contribution in [0.25, 0.3) is 16.7 Å². The van der Waals surface area contributed by atoms with Gasteiger partial charge in [-0.3, -0.25) is 4.40 Å². The number of hydrogen-bond donors (Lipinski definition) is 0. The first-order valence-electron chi connectivity index (χ1n) is 11.6. The van der Waals surface area contributed by atoms with Gasteiger partial charge >= 0.3 is 6.18 Å². The number of anilines is 2.